The van der Waals surface area contributed by atoms with Crippen molar-refractivity contribution in [2.45, 2.75) is 26.2 Å². The Hall–Kier alpha value is -7.94. The van der Waals surface area contributed by atoms with E-state index in [1.165, 1.54) is 82.7 Å². The second-order valence-electron chi connectivity index (χ2n) is 17.3. The SMILES string of the molecule is C=CC1=C(/C=C\C)C(C)(C)c2cc(-n3c4ccccc4c4c(-c5cccc(N(c6ccc(-c7ccccc7)cc6)c6ccc(-c7cccc8ccccc78)cc6)c5)cccc43)ccc21. The first-order valence-corrected chi connectivity index (χ1v) is 22.2. The van der Waals surface area contributed by atoms with Gasteiger partial charge in [0.15, 0.2) is 0 Å². The summed E-state index contributed by atoms with van der Waals surface area (Å²) >= 11 is 0. The molecule has 11 rings (SSSR count). The van der Waals surface area contributed by atoms with E-state index in [1.807, 2.05) is 6.08 Å². The van der Waals surface area contributed by atoms with Gasteiger partial charge in [-0.05, 0) is 134 Å². The molecule has 0 unspecified atom stereocenters. The van der Waals surface area contributed by atoms with Gasteiger partial charge in [-0.3, -0.25) is 0 Å². The molecule has 0 aliphatic heterocycles. The summed E-state index contributed by atoms with van der Waals surface area (Å²) in [5.74, 6) is 0. The number of benzene rings is 9. The van der Waals surface area contributed by atoms with Gasteiger partial charge in [-0.2, -0.15) is 0 Å². The highest BCUT2D eigenvalue weighted by Gasteiger charge is 2.36. The fraction of sp³-hybridized carbons (Fsp3) is 0.0645. The highest BCUT2D eigenvalue weighted by molar-refractivity contribution is 6.16. The Morgan fingerprint density at radius 2 is 1.09 bits per heavy atom. The Kier molecular flexibility index (Phi) is 9.59. The third-order valence-electron chi connectivity index (χ3n) is 13.3. The molecule has 0 fully saturated rings. The third kappa shape index (κ3) is 6.41. The van der Waals surface area contributed by atoms with Crippen molar-refractivity contribution in [2.24, 2.45) is 0 Å². The van der Waals surface area contributed by atoms with Crippen LogP contribution < -0.4 is 4.90 Å². The van der Waals surface area contributed by atoms with Gasteiger partial charge in [-0.15, -0.1) is 0 Å². The number of para-hydroxylation sites is 1. The molecular formula is C62H48N2. The molecule has 306 valence electrons. The largest absolute Gasteiger partial charge is 0.310 e. The first-order chi connectivity index (χ1) is 31.4. The first kappa shape index (κ1) is 38.9. The number of rotatable bonds is 9. The van der Waals surface area contributed by atoms with Gasteiger partial charge in [0.1, 0.15) is 0 Å². The number of hydrogen-bond donors (Lipinski definition) is 0. The molecular weight excluding hydrogens is 773 g/mol. The third-order valence-corrected chi connectivity index (χ3v) is 13.3. The zero-order valence-corrected chi connectivity index (χ0v) is 36.5. The summed E-state index contributed by atoms with van der Waals surface area (Å²) in [6, 6.07) is 75.4. The van der Waals surface area contributed by atoms with Crippen molar-refractivity contribution in [3.8, 4) is 39.1 Å². The van der Waals surface area contributed by atoms with E-state index in [4.69, 9.17) is 0 Å². The van der Waals surface area contributed by atoms with Crippen LogP contribution in [0.4, 0.5) is 17.1 Å². The van der Waals surface area contributed by atoms with Gasteiger partial charge in [0.25, 0.3) is 0 Å². The lowest BCUT2D eigenvalue weighted by atomic mass is 9.81. The molecule has 0 spiro atoms. The normalized spacial score (nSPS) is 13.3. The molecule has 0 saturated carbocycles. The second kappa shape index (κ2) is 15.8. The van der Waals surface area contributed by atoms with Crippen LogP contribution in [0.1, 0.15) is 31.9 Å². The molecule has 0 saturated heterocycles. The van der Waals surface area contributed by atoms with Crippen LogP contribution in [0, 0.1) is 0 Å². The van der Waals surface area contributed by atoms with Crippen molar-refractivity contribution >= 4 is 55.2 Å². The Labute approximate surface area is 376 Å². The lowest BCUT2D eigenvalue weighted by molar-refractivity contribution is 0.653. The van der Waals surface area contributed by atoms with Gasteiger partial charge in [0.05, 0.1) is 11.0 Å². The quantitative estimate of drug-likeness (QED) is 0.141. The minimum absolute atomic E-state index is 0.157. The number of nitrogens with zero attached hydrogens (tertiary/aromatic N) is 2. The number of anilines is 3. The van der Waals surface area contributed by atoms with Crippen molar-refractivity contribution in [1.82, 2.24) is 4.57 Å². The van der Waals surface area contributed by atoms with Gasteiger partial charge in [-0.1, -0.05) is 184 Å². The summed E-state index contributed by atoms with van der Waals surface area (Å²) in [6.07, 6.45) is 6.41. The molecule has 1 aliphatic rings. The van der Waals surface area contributed by atoms with Crippen LogP contribution in [0.3, 0.4) is 0 Å². The molecule has 2 nitrogen and oxygen atoms in total. The fourth-order valence-corrected chi connectivity index (χ4v) is 10.2. The van der Waals surface area contributed by atoms with E-state index in [0.29, 0.717) is 0 Å². The van der Waals surface area contributed by atoms with E-state index in [-0.39, 0.29) is 5.41 Å². The molecule has 1 aliphatic carbocycles. The van der Waals surface area contributed by atoms with E-state index < -0.39 is 0 Å². The van der Waals surface area contributed by atoms with Crippen LogP contribution in [-0.2, 0) is 5.41 Å². The van der Waals surface area contributed by atoms with Crippen molar-refractivity contribution in [2.75, 3.05) is 4.90 Å². The number of hydrogen-bond acceptors (Lipinski definition) is 1. The standard InChI is InChI=1S/C62H48N2/c1-5-17-57-51(6-2)55-39-38-50(41-58(55)62(57,3)4)64-59-28-13-12-25-56(59)61-54(27-16-29-60(61)64)46-22-14-23-49(40-46)63(47-34-30-43(31-35-47)42-18-8-7-9-19-42)48-36-32-45(33-37-48)53-26-15-21-44-20-10-11-24-52(44)53/h5-41H,2H2,1,3-4H3/b17-5-. The molecule has 2 heteroatoms. The molecule has 64 heavy (non-hydrogen) atoms. The second-order valence-corrected chi connectivity index (χ2v) is 17.3. The summed E-state index contributed by atoms with van der Waals surface area (Å²) < 4.78 is 2.45. The smallest absolute Gasteiger partial charge is 0.0547 e. The predicted octanol–water partition coefficient (Wildman–Crippen LogP) is 17.2. The van der Waals surface area contributed by atoms with Crippen molar-refractivity contribution in [3.63, 3.8) is 0 Å². The molecule has 0 amide bonds. The maximum absolute atomic E-state index is 4.22. The summed E-state index contributed by atoms with van der Waals surface area (Å²) in [5.41, 5.74) is 18.9. The molecule has 9 aromatic carbocycles. The van der Waals surface area contributed by atoms with Gasteiger partial charge in [0, 0.05) is 38.9 Å². The number of fused-ring (bicyclic) bond motifs is 5. The lowest BCUT2D eigenvalue weighted by Crippen LogP contribution is -2.16. The van der Waals surface area contributed by atoms with E-state index in [1.54, 1.807) is 0 Å². The van der Waals surface area contributed by atoms with Gasteiger partial charge >= 0.3 is 0 Å². The summed E-state index contributed by atoms with van der Waals surface area (Å²) in [5, 5.41) is 4.98. The predicted molar refractivity (Wildman–Crippen MR) is 274 cm³/mol. The molecule has 0 radical (unpaired) electrons. The van der Waals surface area contributed by atoms with Gasteiger partial charge in [0.2, 0.25) is 0 Å². The number of aromatic nitrogens is 1. The molecule has 10 aromatic rings. The van der Waals surface area contributed by atoms with Crippen molar-refractivity contribution in [1.29, 1.82) is 0 Å². The van der Waals surface area contributed by atoms with Crippen LogP contribution in [0.15, 0.2) is 237 Å². The lowest BCUT2D eigenvalue weighted by Gasteiger charge is -2.26. The fourth-order valence-electron chi connectivity index (χ4n) is 10.2. The maximum atomic E-state index is 4.22. The maximum Gasteiger partial charge on any atom is 0.0547 e. The Balaban J connectivity index is 1.04. The van der Waals surface area contributed by atoms with Crippen molar-refractivity contribution < 1.29 is 0 Å². The van der Waals surface area contributed by atoms with E-state index in [2.05, 4.69) is 255 Å². The molecule has 0 bridgehead atoms. The monoisotopic (exact) mass is 820 g/mol. The highest BCUT2D eigenvalue weighted by atomic mass is 15.1. The molecule has 0 atom stereocenters. The first-order valence-electron chi connectivity index (χ1n) is 22.2. The van der Waals surface area contributed by atoms with Crippen LogP contribution >= 0.6 is 0 Å². The van der Waals surface area contributed by atoms with Gasteiger partial charge in [-0.25, -0.2) is 0 Å². The van der Waals surface area contributed by atoms with E-state index in [0.717, 1.165) is 28.3 Å². The number of allylic oxidation sites excluding steroid dienone is 5. The molecule has 1 aromatic heterocycles. The van der Waals surface area contributed by atoms with Crippen LogP contribution in [0.25, 0.3) is 77.2 Å². The van der Waals surface area contributed by atoms with Gasteiger partial charge < -0.3 is 9.47 Å². The van der Waals surface area contributed by atoms with E-state index in [9.17, 15) is 0 Å². The van der Waals surface area contributed by atoms with Crippen molar-refractivity contribution in [3.05, 3.63) is 248 Å². The van der Waals surface area contributed by atoms with Crippen LogP contribution in [0.5, 0.6) is 0 Å². The summed E-state index contributed by atoms with van der Waals surface area (Å²) in [4.78, 5) is 2.38. The van der Waals surface area contributed by atoms with Crippen LogP contribution in [0.2, 0.25) is 0 Å². The zero-order chi connectivity index (χ0) is 43.4. The summed E-state index contributed by atoms with van der Waals surface area (Å²) in [6.45, 7) is 11.0. The Morgan fingerprint density at radius 1 is 0.484 bits per heavy atom. The highest BCUT2D eigenvalue weighted by Crippen LogP contribution is 2.49. The molecule has 1 heterocycles. The zero-order valence-electron chi connectivity index (χ0n) is 36.5. The minimum atomic E-state index is -0.157. The van der Waals surface area contributed by atoms with E-state index >= 15 is 0 Å². The average Bonchev–Trinajstić information content (AvgIpc) is 3.80. The minimum Gasteiger partial charge on any atom is -0.310 e. The Morgan fingerprint density at radius 3 is 1.86 bits per heavy atom. The average molecular weight is 821 g/mol. The topological polar surface area (TPSA) is 8.17 Å². The van der Waals surface area contributed by atoms with Crippen LogP contribution in [-0.4, -0.2) is 4.57 Å². The summed E-state index contributed by atoms with van der Waals surface area (Å²) in [7, 11) is 0. The molecule has 0 N–H and O–H groups in total. The Bertz CT molecular complexity index is 3460.